The molecule has 9 atom stereocenters. The monoisotopic (exact) mass is 1390 g/mol. The lowest BCUT2D eigenvalue weighted by Crippen LogP contribution is -2.65. The number of fused-ring (bicyclic) bond motifs is 1. The second-order valence-electron chi connectivity index (χ2n) is 28.1. The molecule has 2 aliphatic carbocycles. The SMILES string of the molecule is CC[C@H](C)[C@@H]1NC(=O)[C@H](CC(C)C)N(C)C(=O)C[C@@H](C(=O)N2CCCCC2)N(C)C(=O)[C@H](C2CCCCC2)N(C)C(=O)C2(CCCC2)NC(=O)C2CCCN2C(=O)[C@H](CCc2ccc(C(F)(F)F)c(Cl)c2)NC(=O)CN(C)C(=O)[C@H]([C@@H](C)O)N(C)C(=O)CN(C)C(=O)CN(C)C1=O. The van der Waals surface area contributed by atoms with E-state index >= 15 is 28.8 Å². The summed E-state index contributed by atoms with van der Waals surface area (Å²) in [6.07, 6.45) is 0.616. The second kappa shape index (κ2) is 34.6. The van der Waals surface area contributed by atoms with Gasteiger partial charge in [0.15, 0.2) is 0 Å². The molecule has 12 amide bonds. The Morgan fingerprint density at radius 1 is 0.660 bits per heavy atom. The van der Waals surface area contributed by atoms with Gasteiger partial charge in [-0.3, -0.25) is 57.5 Å². The number of hydrogen-bond acceptors (Lipinski definition) is 13. The molecule has 2 saturated carbocycles. The summed E-state index contributed by atoms with van der Waals surface area (Å²) in [6, 6.07) is -6.30. The first-order chi connectivity index (χ1) is 45.5. The van der Waals surface area contributed by atoms with Crippen LogP contribution in [-0.4, -0.2) is 263 Å². The van der Waals surface area contributed by atoms with Gasteiger partial charge in [0.1, 0.15) is 47.8 Å². The highest BCUT2D eigenvalue weighted by molar-refractivity contribution is 6.31. The molecule has 1 aromatic rings. The van der Waals surface area contributed by atoms with E-state index in [2.05, 4.69) is 16.0 Å². The number of alkyl halides is 3. The van der Waals surface area contributed by atoms with E-state index in [1.165, 1.54) is 81.9 Å². The Morgan fingerprint density at radius 2 is 1.27 bits per heavy atom. The highest BCUT2D eigenvalue weighted by Gasteiger charge is 2.51. The molecule has 0 aromatic heterocycles. The van der Waals surface area contributed by atoms with E-state index in [1.54, 1.807) is 11.8 Å². The smallest absolute Gasteiger partial charge is 0.391 e. The number of piperidine rings is 1. The number of rotatable bonds is 10. The van der Waals surface area contributed by atoms with Crippen molar-refractivity contribution < 1.29 is 75.8 Å². The van der Waals surface area contributed by atoms with E-state index in [9.17, 15) is 47.0 Å². The zero-order valence-corrected chi connectivity index (χ0v) is 59.4. The highest BCUT2D eigenvalue weighted by Crippen LogP contribution is 2.38. The highest BCUT2D eigenvalue weighted by atomic mass is 35.5. The van der Waals surface area contributed by atoms with Crippen LogP contribution >= 0.6 is 11.6 Å². The van der Waals surface area contributed by atoms with E-state index in [0.29, 0.717) is 64.5 Å². The van der Waals surface area contributed by atoms with Crippen LogP contribution < -0.4 is 16.0 Å². The van der Waals surface area contributed by atoms with Gasteiger partial charge in [-0.15, -0.1) is 0 Å². The molecule has 1 aromatic carbocycles. The first-order valence-corrected chi connectivity index (χ1v) is 34.8. The van der Waals surface area contributed by atoms with Crippen molar-refractivity contribution >= 4 is 82.5 Å². The molecule has 3 saturated heterocycles. The number of aliphatic hydroxyl groups is 1. The number of carbonyl (C=O) groups excluding carboxylic acids is 12. The van der Waals surface area contributed by atoms with E-state index in [-0.39, 0.29) is 56.6 Å². The number of likely N-dealkylation sites (N-methyl/N-ethyl adjacent to an activating group) is 7. The van der Waals surface area contributed by atoms with E-state index in [4.69, 9.17) is 11.6 Å². The van der Waals surface area contributed by atoms with E-state index in [0.717, 1.165) is 57.4 Å². The molecular weight excluding hydrogens is 1290 g/mol. The van der Waals surface area contributed by atoms with Crippen molar-refractivity contribution in [3.05, 3.63) is 34.3 Å². The fourth-order valence-electron chi connectivity index (χ4n) is 14.3. The number of hydrogen-bond donors (Lipinski definition) is 4. The van der Waals surface area contributed by atoms with Crippen molar-refractivity contribution in [1.82, 2.24) is 60.0 Å². The largest absolute Gasteiger partial charge is 0.417 e. The number of carbonyl (C=O) groups is 12. The maximum Gasteiger partial charge on any atom is 0.417 e. The summed E-state index contributed by atoms with van der Waals surface area (Å²) < 4.78 is 41.4. The van der Waals surface area contributed by atoms with Crippen LogP contribution in [0.25, 0.3) is 0 Å². The lowest BCUT2D eigenvalue weighted by atomic mass is 9.81. The number of aliphatic hydroxyl groups excluding tert-OH is 1. The predicted octanol–water partition coefficient (Wildman–Crippen LogP) is 3.83. The molecule has 5 aliphatic rings. The molecule has 4 N–H and O–H groups in total. The summed E-state index contributed by atoms with van der Waals surface area (Å²) in [5.41, 5.74) is -2.42. The average molecular weight is 1390 g/mol. The molecule has 542 valence electrons. The third kappa shape index (κ3) is 19.6. The minimum Gasteiger partial charge on any atom is -0.391 e. The number of amides is 12. The van der Waals surface area contributed by atoms with Gasteiger partial charge in [-0.25, -0.2) is 0 Å². The van der Waals surface area contributed by atoms with Crippen LogP contribution in [-0.2, 0) is 70.1 Å². The Kier molecular flexibility index (Phi) is 28.1. The molecule has 3 heterocycles. The first-order valence-electron chi connectivity index (χ1n) is 34.4. The van der Waals surface area contributed by atoms with E-state index < -0.39 is 179 Å². The summed E-state index contributed by atoms with van der Waals surface area (Å²) >= 11 is 6.11. The maximum atomic E-state index is 15.8. The third-order valence-electron chi connectivity index (χ3n) is 20.4. The molecule has 1 spiro atoms. The molecule has 29 heteroatoms. The molecular formula is C68H104ClF3N12O13. The fourth-order valence-corrected chi connectivity index (χ4v) is 14.6. The number of nitrogens with zero attached hydrogens (tertiary/aromatic N) is 9. The normalized spacial score (nSPS) is 26.6. The van der Waals surface area contributed by atoms with Crippen LogP contribution in [0, 0.1) is 17.8 Å². The molecule has 97 heavy (non-hydrogen) atoms. The van der Waals surface area contributed by atoms with Crippen molar-refractivity contribution in [2.24, 2.45) is 17.8 Å². The summed E-state index contributed by atoms with van der Waals surface area (Å²) in [7, 11) is 9.43. The van der Waals surface area contributed by atoms with Crippen molar-refractivity contribution in [2.45, 2.75) is 217 Å². The van der Waals surface area contributed by atoms with Crippen LogP contribution in [0.2, 0.25) is 5.02 Å². The van der Waals surface area contributed by atoms with Gasteiger partial charge in [-0.1, -0.05) is 83.9 Å². The van der Waals surface area contributed by atoms with Gasteiger partial charge in [0.05, 0.1) is 42.7 Å². The molecule has 3 aliphatic heterocycles. The van der Waals surface area contributed by atoms with Crippen LogP contribution in [0.5, 0.6) is 0 Å². The van der Waals surface area contributed by atoms with Crippen LogP contribution in [0.1, 0.15) is 161 Å². The van der Waals surface area contributed by atoms with Gasteiger partial charge in [0.2, 0.25) is 70.9 Å². The molecule has 0 bridgehead atoms. The lowest BCUT2D eigenvalue weighted by molar-refractivity contribution is -0.157. The van der Waals surface area contributed by atoms with Gasteiger partial charge in [-0.2, -0.15) is 13.2 Å². The lowest BCUT2D eigenvalue weighted by Gasteiger charge is -2.43. The standard InChI is InChI=1S/C68H104ClF3N12O13/c1-13-42(4)56-63(94)78(8)39-54(88)76(6)40-55(89)81(11)57(43(5)85)64(95)77(7)38-52(86)73-48(29-27-44-26-28-46(47(69)36-44)68(70,71)72)61(92)84-34-22-25-49(84)60(91)75-67(30-18-19-31-67)66(97)82(12)58(45-23-16-14-17-24-45)65(96)80(10)51(62(93)83-32-20-15-21-33-83)37-53(87)79(9)50(35-41(2)3)59(90)74-56/h26,28,36,41-43,45,48-51,56-58,85H,13-25,27,29-35,37-40H2,1-12H3,(H,73,86)(H,74,90)(H,75,91)/t42-,43+,48-,49?,50-,51-,56-,57-,58-/m0/s1. The average Bonchev–Trinajstić information content (AvgIpc) is 1.76. The molecule has 1 unspecified atom stereocenters. The van der Waals surface area contributed by atoms with Crippen LogP contribution in [0.15, 0.2) is 18.2 Å². The molecule has 5 fully saturated rings. The minimum atomic E-state index is -4.77. The van der Waals surface area contributed by atoms with Crippen LogP contribution in [0.4, 0.5) is 13.2 Å². The second-order valence-corrected chi connectivity index (χ2v) is 28.5. The summed E-state index contributed by atoms with van der Waals surface area (Å²) in [5.74, 6) is -9.70. The minimum absolute atomic E-state index is 0.00512. The Bertz CT molecular complexity index is 3030. The Balaban J connectivity index is 1.43. The van der Waals surface area contributed by atoms with Crippen molar-refractivity contribution in [3.8, 4) is 0 Å². The van der Waals surface area contributed by atoms with E-state index in [1.807, 2.05) is 20.8 Å². The summed E-state index contributed by atoms with van der Waals surface area (Å²) in [5, 5.41) is 19.0. The Labute approximate surface area is 573 Å². The zero-order valence-electron chi connectivity index (χ0n) is 58.6. The first kappa shape index (κ1) is 78.9. The number of nitrogens with one attached hydrogen (secondary N) is 3. The molecule has 6 rings (SSSR count). The van der Waals surface area contributed by atoms with Gasteiger partial charge in [0.25, 0.3) is 0 Å². The van der Waals surface area contributed by atoms with Gasteiger partial charge < -0.3 is 65.2 Å². The number of benzene rings is 1. The summed E-state index contributed by atoms with van der Waals surface area (Å²) in [4.78, 5) is 188. The Hall–Kier alpha value is -7.10. The molecule has 0 radical (unpaired) electrons. The van der Waals surface area contributed by atoms with Crippen molar-refractivity contribution in [3.63, 3.8) is 0 Å². The third-order valence-corrected chi connectivity index (χ3v) is 20.8. The zero-order chi connectivity index (χ0) is 72.1. The summed E-state index contributed by atoms with van der Waals surface area (Å²) in [6.45, 7) is 7.21. The van der Waals surface area contributed by atoms with Crippen LogP contribution in [0.3, 0.4) is 0 Å². The van der Waals surface area contributed by atoms with Gasteiger partial charge in [0, 0.05) is 69.0 Å². The Morgan fingerprint density at radius 3 is 1.86 bits per heavy atom. The topological polar surface area (TPSA) is 290 Å². The maximum absolute atomic E-state index is 15.8. The quantitative estimate of drug-likeness (QED) is 0.259. The fraction of sp³-hybridized carbons (Fsp3) is 0.735. The number of halogens is 4. The number of likely N-dealkylation sites (tertiary alicyclic amines) is 1. The van der Waals surface area contributed by atoms with Gasteiger partial charge in [-0.05, 0) is 119 Å². The van der Waals surface area contributed by atoms with Crippen molar-refractivity contribution in [1.29, 1.82) is 0 Å². The predicted molar refractivity (Wildman–Crippen MR) is 354 cm³/mol. The molecule has 25 nitrogen and oxygen atoms in total. The number of aryl methyl sites for hydroxylation is 1. The van der Waals surface area contributed by atoms with Gasteiger partial charge >= 0.3 is 6.18 Å². The van der Waals surface area contributed by atoms with Crippen molar-refractivity contribution in [2.75, 3.05) is 88.6 Å².